The molecule has 1 atom stereocenters. The summed E-state index contributed by atoms with van der Waals surface area (Å²) in [6.07, 6.45) is 5.55. The maximum absolute atomic E-state index is 13.1. The monoisotopic (exact) mass is 500 g/mol. The lowest BCUT2D eigenvalue weighted by molar-refractivity contribution is -0.124. The molecule has 3 amide bonds. The predicted molar refractivity (Wildman–Crippen MR) is 134 cm³/mol. The minimum Gasteiger partial charge on any atom is -0.503 e. The lowest BCUT2D eigenvalue weighted by atomic mass is 9.88. The predicted octanol–water partition coefficient (Wildman–Crippen LogP) is 2.93. The molecule has 188 valence electrons. The van der Waals surface area contributed by atoms with Crippen LogP contribution in [0, 0.1) is 5.92 Å². The summed E-state index contributed by atoms with van der Waals surface area (Å²) in [7, 11) is 0. The van der Waals surface area contributed by atoms with Crippen molar-refractivity contribution in [1.29, 1.82) is 0 Å². The summed E-state index contributed by atoms with van der Waals surface area (Å²) in [5.74, 6) is 0.271. The van der Waals surface area contributed by atoms with E-state index in [0.29, 0.717) is 40.4 Å². The van der Waals surface area contributed by atoms with Gasteiger partial charge in [0, 0.05) is 28.7 Å². The van der Waals surface area contributed by atoms with E-state index in [0.717, 1.165) is 5.39 Å². The van der Waals surface area contributed by atoms with Crippen LogP contribution in [0.1, 0.15) is 18.4 Å². The fourth-order valence-electron chi connectivity index (χ4n) is 4.67. The fourth-order valence-corrected chi connectivity index (χ4v) is 4.67. The van der Waals surface area contributed by atoms with Crippen molar-refractivity contribution in [2.24, 2.45) is 5.92 Å². The van der Waals surface area contributed by atoms with Gasteiger partial charge in [0.1, 0.15) is 5.75 Å². The number of hydrogen-bond donors (Lipinski definition) is 5. The van der Waals surface area contributed by atoms with Gasteiger partial charge in [0.25, 0.3) is 11.5 Å². The number of benzene rings is 2. The Morgan fingerprint density at radius 1 is 1.00 bits per heavy atom. The van der Waals surface area contributed by atoms with Crippen molar-refractivity contribution in [3.8, 4) is 28.5 Å². The molecule has 3 heterocycles. The quantitative estimate of drug-likeness (QED) is 0.247. The molecule has 1 aliphatic heterocycles. The number of H-pyrrole nitrogens is 1. The molecule has 10 nitrogen and oxygen atoms in total. The zero-order valence-corrected chi connectivity index (χ0v) is 19.7. The molecule has 1 aliphatic carbocycles. The molecule has 10 heteroatoms. The van der Waals surface area contributed by atoms with Crippen LogP contribution in [0.4, 0.5) is 4.79 Å². The van der Waals surface area contributed by atoms with E-state index in [1.807, 2.05) is 12.1 Å². The molecular weight excluding hydrogens is 476 g/mol. The van der Waals surface area contributed by atoms with Crippen molar-refractivity contribution in [3.05, 3.63) is 76.8 Å². The number of rotatable bonds is 7. The van der Waals surface area contributed by atoms with Gasteiger partial charge in [-0.3, -0.25) is 14.9 Å². The Hall–Kier alpha value is -4.73. The summed E-state index contributed by atoms with van der Waals surface area (Å²) in [6, 6.07) is 13.0. The number of hydrogen-bond acceptors (Lipinski definition) is 6. The third kappa shape index (κ3) is 4.06. The molecule has 1 saturated carbocycles. The summed E-state index contributed by atoms with van der Waals surface area (Å²) >= 11 is 0. The van der Waals surface area contributed by atoms with Crippen molar-refractivity contribution >= 4 is 22.7 Å². The molecular formula is C27H24N4O6. The Morgan fingerprint density at radius 2 is 1.78 bits per heavy atom. The van der Waals surface area contributed by atoms with Crippen LogP contribution in [-0.4, -0.2) is 38.3 Å². The number of nitrogens with one attached hydrogen (secondary N) is 3. The second kappa shape index (κ2) is 8.44. The number of pyridine rings is 1. The van der Waals surface area contributed by atoms with Gasteiger partial charge in [-0.05, 0) is 54.2 Å². The van der Waals surface area contributed by atoms with Crippen LogP contribution in [-0.2, 0) is 16.9 Å². The molecule has 2 aromatic carbocycles. The van der Waals surface area contributed by atoms with Crippen LogP contribution in [0.5, 0.6) is 17.4 Å². The second-order valence-corrected chi connectivity index (χ2v) is 9.58. The number of fused-ring (bicyclic) bond motifs is 1. The largest absolute Gasteiger partial charge is 0.503 e. The highest BCUT2D eigenvalue weighted by Gasteiger charge is 2.48. The molecule has 6 rings (SSSR count). The zero-order chi connectivity index (χ0) is 25.7. The van der Waals surface area contributed by atoms with Crippen molar-refractivity contribution < 1.29 is 24.5 Å². The molecule has 0 bridgehead atoms. The SMILES string of the molecule is O=C1NC(=O)[C@](Cn2cc3ccc(OCC4CC4)cc3c2O)(c2ccc(-c3c[nH]c(=O)c(O)c3)cc2)N1. The number of urea groups is 1. The minimum atomic E-state index is -1.47. The molecule has 0 spiro atoms. The first-order valence-corrected chi connectivity index (χ1v) is 11.9. The molecule has 2 aromatic heterocycles. The van der Waals surface area contributed by atoms with E-state index in [4.69, 9.17) is 4.74 Å². The highest BCUT2D eigenvalue weighted by molar-refractivity contribution is 6.07. The molecule has 4 aromatic rings. The first-order chi connectivity index (χ1) is 17.8. The first-order valence-electron chi connectivity index (χ1n) is 11.9. The lowest BCUT2D eigenvalue weighted by Crippen LogP contribution is -2.47. The number of aromatic nitrogens is 2. The Morgan fingerprint density at radius 3 is 2.46 bits per heavy atom. The van der Waals surface area contributed by atoms with E-state index in [9.17, 15) is 24.6 Å². The number of ether oxygens (including phenoxy) is 1. The third-order valence-electron chi connectivity index (χ3n) is 6.96. The summed E-state index contributed by atoms with van der Waals surface area (Å²) in [4.78, 5) is 39.3. The van der Waals surface area contributed by atoms with Crippen molar-refractivity contribution in [1.82, 2.24) is 20.2 Å². The van der Waals surface area contributed by atoms with E-state index in [1.54, 1.807) is 36.5 Å². The molecule has 0 unspecified atom stereocenters. The van der Waals surface area contributed by atoms with Gasteiger partial charge in [-0.15, -0.1) is 0 Å². The number of aromatic hydroxyl groups is 2. The Labute approximate surface area is 210 Å². The molecule has 37 heavy (non-hydrogen) atoms. The van der Waals surface area contributed by atoms with Crippen LogP contribution in [0.25, 0.3) is 21.9 Å². The zero-order valence-electron chi connectivity index (χ0n) is 19.7. The van der Waals surface area contributed by atoms with Gasteiger partial charge in [0.05, 0.1) is 13.2 Å². The maximum atomic E-state index is 13.1. The topological polar surface area (TPSA) is 146 Å². The Kier molecular flexibility index (Phi) is 5.18. The molecule has 5 N–H and O–H groups in total. The van der Waals surface area contributed by atoms with Crippen LogP contribution >= 0.6 is 0 Å². The highest BCUT2D eigenvalue weighted by atomic mass is 16.5. The first kappa shape index (κ1) is 22.7. The number of nitrogens with zero attached hydrogens (tertiary/aromatic N) is 1. The number of carbonyl (C=O) groups is 2. The summed E-state index contributed by atoms with van der Waals surface area (Å²) in [5, 5.41) is 27.2. The van der Waals surface area contributed by atoms with Crippen LogP contribution in [0.3, 0.4) is 0 Å². The van der Waals surface area contributed by atoms with Gasteiger partial charge in [0.15, 0.2) is 17.2 Å². The van der Waals surface area contributed by atoms with Crippen molar-refractivity contribution in [3.63, 3.8) is 0 Å². The van der Waals surface area contributed by atoms with E-state index in [-0.39, 0.29) is 12.4 Å². The number of aromatic amines is 1. The number of amides is 3. The highest BCUT2D eigenvalue weighted by Crippen LogP contribution is 2.36. The van der Waals surface area contributed by atoms with Crippen molar-refractivity contribution in [2.45, 2.75) is 24.9 Å². The smallest absolute Gasteiger partial charge is 0.322 e. The standard InChI is InChI=1S/C27H24N4O6/c32-22-9-18(11-28-23(22)33)16-3-6-19(7-4-16)27(25(35)29-26(36)30-27)14-31-12-17-5-8-20(10-21(17)24(31)34)37-13-15-1-2-15/h3-12,15,32,34H,1-2,13-14H2,(H,28,33)(H2,29,30,35,36)/t27-/m0/s1. The van der Waals surface area contributed by atoms with Crippen LogP contribution in [0.15, 0.2) is 65.7 Å². The van der Waals surface area contributed by atoms with Gasteiger partial charge >= 0.3 is 6.03 Å². The average Bonchev–Trinajstić information content (AvgIpc) is 3.61. The van der Waals surface area contributed by atoms with E-state index < -0.39 is 28.8 Å². The van der Waals surface area contributed by atoms with E-state index in [1.165, 1.54) is 29.7 Å². The van der Waals surface area contributed by atoms with Gasteiger partial charge in [-0.1, -0.05) is 24.3 Å². The van der Waals surface area contributed by atoms with Crippen LogP contribution in [0.2, 0.25) is 0 Å². The Balaban J connectivity index is 1.34. The van der Waals surface area contributed by atoms with Crippen molar-refractivity contribution in [2.75, 3.05) is 6.61 Å². The summed E-state index contributed by atoms with van der Waals surface area (Å²) in [6.45, 7) is 0.596. The molecule has 0 radical (unpaired) electrons. The fraction of sp³-hybridized carbons (Fsp3) is 0.222. The number of imide groups is 1. The second-order valence-electron chi connectivity index (χ2n) is 9.58. The van der Waals surface area contributed by atoms with Crippen LogP contribution < -0.4 is 20.9 Å². The number of carbonyl (C=O) groups excluding carboxylic acids is 2. The van der Waals surface area contributed by atoms with Gasteiger partial charge in [-0.2, -0.15) is 0 Å². The summed E-state index contributed by atoms with van der Waals surface area (Å²) < 4.78 is 7.38. The van der Waals surface area contributed by atoms with Gasteiger partial charge in [-0.25, -0.2) is 4.79 Å². The molecule has 2 fully saturated rings. The normalized spacial score (nSPS) is 19.1. The third-order valence-corrected chi connectivity index (χ3v) is 6.96. The van der Waals surface area contributed by atoms with E-state index in [2.05, 4.69) is 15.6 Å². The molecule has 2 aliphatic rings. The lowest BCUT2D eigenvalue weighted by Gasteiger charge is -2.27. The maximum Gasteiger partial charge on any atom is 0.322 e. The summed E-state index contributed by atoms with van der Waals surface area (Å²) in [5.41, 5.74) is -0.306. The average molecular weight is 501 g/mol. The Bertz CT molecular complexity index is 1600. The molecule has 1 saturated heterocycles. The van der Waals surface area contributed by atoms with E-state index >= 15 is 0 Å². The van der Waals surface area contributed by atoms with Gasteiger partial charge in [0.2, 0.25) is 0 Å². The minimum absolute atomic E-state index is 0.0412. The van der Waals surface area contributed by atoms with Gasteiger partial charge < -0.3 is 29.8 Å².